The average Bonchev–Trinajstić information content (AvgIpc) is 2.51. The highest BCUT2D eigenvalue weighted by Crippen LogP contribution is 2.30. The van der Waals surface area contributed by atoms with Gasteiger partial charge >= 0.3 is 0 Å². The zero-order chi connectivity index (χ0) is 17.9. The molecule has 1 atom stereocenters. The molecule has 1 rings (SSSR count). The Kier molecular flexibility index (Phi) is 9.15. The van der Waals surface area contributed by atoms with Crippen molar-refractivity contribution < 1.29 is 0 Å². The van der Waals surface area contributed by atoms with Crippen molar-refractivity contribution in [3.05, 3.63) is 82.5 Å². The van der Waals surface area contributed by atoms with Crippen LogP contribution in [0.4, 0.5) is 0 Å². The summed E-state index contributed by atoms with van der Waals surface area (Å²) in [5.41, 5.74) is 6.96. The minimum Gasteiger partial charge on any atom is -0.0764 e. The minimum atomic E-state index is 0.705. The van der Waals surface area contributed by atoms with E-state index in [1.807, 2.05) is 0 Å². The predicted molar refractivity (Wildman–Crippen MR) is 110 cm³/mol. The lowest BCUT2D eigenvalue weighted by molar-refractivity contribution is 0.546. The summed E-state index contributed by atoms with van der Waals surface area (Å²) in [6.45, 7) is 13.1. The Labute approximate surface area is 149 Å². The molecule has 0 heterocycles. The third kappa shape index (κ3) is 8.15. The van der Waals surface area contributed by atoms with Gasteiger partial charge in [-0.1, -0.05) is 83.9 Å². The van der Waals surface area contributed by atoms with Crippen LogP contribution in [0.5, 0.6) is 0 Å². The largest absolute Gasteiger partial charge is 0.0764 e. The van der Waals surface area contributed by atoms with Gasteiger partial charge in [0.25, 0.3) is 0 Å². The van der Waals surface area contributed by atoms with Crippen molar-refractivity contribution in [3.63, 3.8) is 0 Å². The van der Waals surface area contributed by atoms with Crippen molar-refractivity contribution in [2.75, 3.05) is 0 Å². The van der Waals surface area contributed by atoms with Crippen LogP contribution in [0.25, 0.3) is 0 Å². The second-order valence-electron chi connectivity index (χ2n) is 7.17. The molecule has 1 aliphatic carbocycles. The predicted octanol–water partition coefficient (Wildman–Crippen LogP) is 7.65. The second kappa shape index (κ2) is 10.9. The van der Waals surface area contributed by atoms with E-state index < -0.39 is 0 Å². The molecule has 0 radical (unpaired) electrons. The molecule has 24 heavy (non-hydrogen) atoms. The summed E-state index contributed by atoms with van der Waals surface area (Å²) in [6, 6.07) is 0. The Bertz CT molecular complexity index is 608. The summed E-state index contributed by atoms with van der Waals surface area (Å²) < 4.78 is 0. The summed E-state index contributed by atoms with van der Waals surface area (Å²) in [4.78, 5) is 0. The van der Waals surface area contributed by atoms with E-state index in [-0.39, 0.29) is 0 Å². The number of hydrogen-bond acceptors (Lipinski definition) is 0. The molecule has 0 bridgehead atoms. The fourth-order valence-electron chi connectivity index (χ4n) is 2.84. The van der Waals surface area contributed by atoms with Crippen LogP contribution in [0.1, 0.15) is 60.8 Å². The fourth-order valence-corrected chi connectivity index (χ4v) is 2.84. The van der Waals surface area contributed by atoms with Crippen molar-refractivity contribution in [1.82, 2.24) is 0 Å². The van der Waals surface area contributed by atoms with Crippen LogP contribution in [0, 0.1) is 5.92 Å². The van der Waals surface area contributed by atoms with Gasteiger partial charge in [-0.25, -0.2) is 0 Å². The molecular formula is C24H34. The van der Waals surface area contributed by atoms with E-state index in [1.54, 1.807) is 11.1 Å². The molecule has 0 heteroatoms. The van der Waals surface area contributed by atoms with Crippen LogP contribution in [0.3, 0.4) is 0 Å². The first-order chi connectivity index (χ1) is 11.4. The van der Waals surface area contributed by atoms with Gasteiger partial charge in [0.05, 0.1) is 0 Å². The molecule has 0 fully saturated rings. The van der Waals surface area contributed by atoms with Gasteiger partial charge in [-0.2, -0.15) is 0 Å². The van der Waals surface area contributed by atoms with Crippen LogP contribution in [-0.2, 0) is 0 Å². The fraction of sp³-hybridized carbons (Fsp3) is 0.417. The summed E-state index contributed by atoms with van der Waals surface area (Å²) >= 11 is 0. The lowest BCUT2D eigenvalue weighted by Crippen LogP contribution is -2.06. The first-order valence-corrected chi connectivity index (χ1v) is 9.11. The van der Waals surface area contributed by atoms with Crippen LogP contribution in [0.2, 0.25) is 0 Å². The second-order valence-corrected chi connectivity index (χ2v) is 7.17. The number of hydrogen-bond donors (Lipinski definition) is 0. The molecule has 0 spiro atoms. The lowest BCUT2D eigenvalue weighted by Gasteiger charge is -2.22. The number of rotatable bonds is 6. The van der Waals surface area contributed by atoms with Crippen LogP contribution < -0.4 is 0 Å². The summed E-state index contributed by atoms with van der Waals surface area (Å²) in [5.74, 6) is 0.705. The molecule has 0 unspecified atom stereocenters. The van der Waals surface area contributed by atoms with E-state index in [2.05, 4.69) is 96.2 Å². The van der Waals surface area contributed by atoms with Gasteiger partial charge in [-0.3, -0.25) is 0 Å². The number of allylic oxidation sites excluding steroid dienone is 14. The molecule has 0 aromatic heterocycles. The van der Waals surface area contributed by atoms with Crippen molar-refractivity contribution in [2.24, 2.45) is 5.92 Å². The van der Waals surface area contributed by atoms with Gasteiger partial charge in [0.1, 0.15) is 0 Å². The Morgan fingerprint density at radius 2 is 1.50 bits per heavy atom. The van der Waals surface area contributed by atoms with E-state index >= 15 is 0 Å². The van der Waals surface area contributed by atoms with E-state index in [4.69, 9.17) is 0 Å². The third-order valence-corrected chi connectivity index (χ3v) is 4.36. The molecule has 0 saturated carbocycles. The average molecular weight is 323 g/mol. The Balaban J connectivity index is 2.63. The van der Waals surface area contributed by atoms with Crippen molar-refractivity contribution in [1.29, 1.82) is 0 Å². The Morgan fingerprint density at radius 3 is 2.17 bits per heavy atom. The zero-order valence-corrected chi connectivity index (χ0v) is 16.4. The highest BCUT2D eigenvalue weighted by Gasteiger charge is 2.14. The van der Waals surface area contributed by atoms with E-state index in [1.165, 1.54) is 36.0 Å². The summed E-state index contributed by atoms with van der Waals surface area (Å²) in [7, 11) is 0. The smallest absolute Gasteiger partial charge is 0.0191 e. The molecule has 0 amide bonds. The molecule has 0 aromatic rings. The topological polar surface area (TPSA) is 0 Å². The molecule has 0 nitrogen and oxygen atoms in total. The molecule has 130 valence electrons. The van der Waals surface area contributed by atoms with Crippen LogP contribution in [-0.4, -0.2) is 0 Å². The van der Waals surface area contributed by atoms with Gasteiger partial charge in [0.2, 0.25) is 0 Å². The van der Waals surface area contributed by atoms with E-state index in [0.29, 0.717) is 5.92 Å². The van der Waals surface area contributed by atoms with Gasteiger partial charge in [0, 0.05) is 0 Å². The third-order valence-electron chi connectivity index (χ3n) is 4.36. The van der Waals surface area contributed by atoms with Crippen LogP contribution in [0.15, 0.2) is 82.5 Å². The quantitative estimate of drug-likeness (QED) is 0.440. The standard InChI is InChI=1S/C24H34/c1-19(2)11-7-8-12-20(3)13-9-14-21(4)17-18-24-22(5)15-10-16-23(24)6/h7-9,11-14,17-18,22H,10,15-16H2,1-6H3/b8-7+,13-9+,18-17+,20-12+,21-14+/t22-/m1/s1. The van der Waals surface area contributed by atoms with Crippen molar-refractivity contribution in [3.8, 4) is 0 Å². The zero-order valence-electron chi connectivity index (χ0n) is 16.4. The van der Waals surface area contributed by atoms with E-state index in [9.17, 15) is 0 Å². The molecule has 0 saturated heterocycles. The molecule has 0 N–H and O–H groups in total. The highest BCUT2D eigenvalue weighted by atomic mass is 14.2. The van der Waals surface area contributed by atoms with Crippen molar-refractivity contribution >= 4 is 0 Å². The maximum absolute atomic E-state index is 2.35. The lowest BCUT2D eigenvalue weighted by atomic mass is 9.84. The van der Waals surface area contributed by atoms with E-state index in [0.717, 1.165) is 0 Å². The molecule has 0 aliphatic heterocycles. The summed E-state index contributed by atoms with van der Waals surface area (Å²) in [5, 5.41) is 0. The van der Waals surface area contributed by atoms with Gasteiger partial charge in [-0.15, -0.1) is 0 Å². The normalized spacial score (nSPS) is 20.7. The SMILES string of the molecule is CC(C)=C/C=C/C=C(C)/C=C/C=C(C)/C=C/C1=C(C)CCC[C@H]1C. The van der Waals surface area contributed by atoms with Gasteiger partial charge in [-0.05, 0) is 65.4 Å². The molecule has 1 aliphatic rings. The maximum Gasteiger partial charge on any atom is -0.0191 e. The van der Waals surface area contributed by atoms with Gasteiger partial charge < -0.3 is 0 Å². The molecule has 0 aromatic carbocycles. The van der Waals surface area contributed by atoms with Crippen molar-refractivity contribution in [2.45, 2.75) is 60.8 Å². The highest BCUT2D eigenvalue weighted by molar-refractivity contribution is 5.35. The van der Waals surface area contributed by atoms with Crippen LogP contribution >= 0.6 is 0 Å². The first-order valence-electron chi connectivity index (χ1n) is 9.11. The minimum absolute atomic E-state index is 0.705. The maximum atomic E-state index is 2.35. The monoisotopic (exact) mass is 322 g/mol. The van der Waals surface area contributed by atoms with Gasteiger partial charge in [0.15, 0.2) is 0 Å². The summed E-state index contributed by atoms with van der Waals surface area (Å²) in [6.07, 6.45) is 23.4. The molecular weight excluding hydrogens is 288 g/mol. The Hall–Kier alpha value is -1.82. The Morgan fingerprint density at radius 1 is 0.875 bits per heavy atom. The first kappa shape index (κ1) is 20.2.